The lowest BCUT2D eigenvalue weighted by molar-refractivity contribution is 0.201. The molecule has 34 heavy (non-hydrogen) atoms. The Morgan fingerprint density at radius 3 is 1.06 bits per heavy atom. The summed E-state index contributed by atoms with van der Waals surface area (Å²) in [6.07, 6.45) is 0. The predicted octanol–water partition coefficient (Wildman–Crippen LogP) is 11.3. The number of fused-ring (bicyclic) bond motifs is 14. The van der Waals surface area contributed by atoms with Crippen LogP contribution in [0.25, 0.3) is 0 Å². The van der Waals surface area contributed by atoms with E-state index in [0.717, 1.165) is 20.1 Å². The maximum Gasteiger partial charge on any atom is 0.167 e. The summed E-state index contributed by atoms with van der Waals surface area (Å²) in [5, 5.41) is 0.192. The summed E-state index contributed by atoms with van der Waals surface area (Å²) in [7, 11) is 0. The molecule has 0 heterocycles. The molecule has 2 fully saturated rings. The molecule has 0 radical (unpaired) electrons. The molecule has 0 aliphatic heterocycles. The molecule has 0 amide bonds. The lowest BCUT2D eigenvalue weighted by Crippen LogP contribution is -2.53. The quantitative estimate of drug-likeness (QED) is 0.229. The maximum atomic E-state index is 7.30. The molecule has 0 unspecified atom stereocenters. The summed E-state index contributed by atoms with van der Waals surface area (Å²) < 4.78 is -2.19. The second-order valence-electron chi connectivity index (χ2n) is 9.15. The fourth-order valence-corrected chi connectivity index (χ4v) is 13.7. The molecule has 1 aromatic carbocycles. The van der Waals surface area contributed by atoms with Crippen molar-refractivity contribution in [2.24, 2.45) is 11.8 Å². The Bertz CT molecular complexity index is 1190. The molecule has 5 aliphatic carbocycles. The maximum absolute atomic E-state index is 7.30. The Balaban J connectivity index is 1.80. The molecule has 4 bridgehead atoms. The first-order valence-electron chi connectivity index (χ1n) is 9.53. The number of hydrogen-bond acceptors (Lipinski definition) is 0. The van der Waals surface area contributed by atoms with Gasteiger partial charge in [-0.05, 0) is 55.1 Å². The van der Waals surface area contributed by atoms with E-state index in [1.807, 2.05) is 12.1 Å². The van der Waals surface area contributed by atoms with Crippen LogP contribution in [0.3, 0.4) is 0 Å². The van der Waals surface area contributed by atoms with E-state index in [0.29, 0.717) is 0 Å². The molecular formula is C20H6Br2Cl12. The first-order valence-corrected chi connectivity index (χ1v) is 15.7. The number of rotatable bonds is 0. The van der Waals surface area contributed by atoms with Gasteiger partial charge in [0.1, 0.15) is 19.5 Å². The van der Waals surface area contributed by atoms with E-state index < -0.39 is 51.8 Å². The minimum absolute atomic E-state index is 0.0306. The molecule has 0 saturated heterocycles. The average molecular weight is 832 g/mol. The lowest BCUT2D eigenvalue weighted by atomic mass is 9.57. The number of hydrogen-bond donors (Lipinski definition) is 0. The fourth-order valence-electron chi connectivity index (χ4n) is 6.89. The molecule has 14 heteroatoms. The van der Waals surface area contributed by atoms with Crippen LogP contribution in [0, 0.1) is 11.8 Å². The third-order valence-corrected chi connectivity index (χ3v) is 18.6. The van der Waals surface area contributed by atoms with Gasteiger partial charge in [-0.1, -0.05) is 92.8 Å². The molecule has 0 N–H and O–H groups in total. The van der Waals surface area contributed by atoms with Crippen molar-refractivity contribution < 1.29 is 0 Å². The third kappa shape index (κ3) is 2.38. The van der Waals surface area contributed by atoms with Crippen molar-refractivity contribution in [2.75, 3.05) is 0 Å². The molecule has 8 atom stereocenters. The van der Waals surface area contributed by atoms with Gasteiger partial charge in [-0.15, -0.1) is 46.4 Å². The predicted molar refractivity (Wildman–Crippen MR) is 155 cm³/mol. The van der Waals surface area contributed by atoms with Gasteiger partial charge in [-0.2, -0.15) is 0 Å². The van der Waals surface area contributed by atoms with E-state index in [4.69, 9.17) is 139 Å². The summed E-state index contributed by atoms with van der Waals surface area (Å²) in [6, 6.07) is 3.77. The summed E-state index contributed by atoms with van der Waals surface area (Å²) >= 11 is 91.0. The van der Waals surface area contributed by atoms with E-state index in [2.05, 4.69) is 31.9 Å². The van der Waals surface area contributed by atoms with Crippen LogP contribution < -0.4 is 0 Å². The molecular weight excluding hydrogens is 825 g/mol. The third-order valence-electron chi connectivity index (χ3n) is 8.17. The smallest absolute Gasteiger partial charge is 0.109 e. The molecule has 184 valence electrons. The molecule has 5 aliphatic rings. The largest absolute Gasteiger partial charge is 0.167 e. The van der Waals surface area contributed by atoms with Gasteiger partial charge in [0.25, 0.3) is 0 Å². The van der Waals surface area contributed by atoms with Crippen molar-refractivity contribution in [3.05, 3.63) is 52.3 Å². The van der Waals surface area contributed by atoms with Crippen LogP contribution in [0.1, 0.15) is 23.0 Å². The van der Waals surface area contributed by atoms with Crippen LogP contribution >= 0.6 is 171 Å². The van der Waals surface area contributed by atoms with Crippen LogP contribution in [-0.4, -0.2) is 28.2 Å². The molecule has 6 rings (SSSR count). The van der Waals surface area contributed by atoms with Crippen LogP contribution in [0.15, 0.2) is 41.2 Å². The van der Waals surface area contributed by atoms with Crippen LogP contribution in [-0.2, 0) is 0 Å². The summed E-state index contributed by atoms with van der Waals surface area (Å²) in [4.78, 5) is -6.50. The van der Waals surface area contributed by atoms with Gasteiger partial charge in [0, 0.05) is 32.6 Å². The van der Waals surface area contributed by atoms with Crippen molar-refractivity contribution >= 4 is 171 Å². The van der Waals surface area contributed by atoms with Crippen LogP contribution in [0.5, 0.6) is 0 Å². The highest BCUT2D eigenvalue weighted by Gasteiger charge is 2.91. The van der Waals surface area contributed by atoms with Gasteiger partial charge in [-0.3, -0.25) is 0 Å². The van der Waals surface area contributed by atoms with Crippen molar-refractivity contribution in [2.45, 2.75) is 40.0 Å². The topological polar surface area (TPSA) is 0 Å². The number of allylic oxidation sites excluding steroid dienone is 4. The standard InChI is InChI=1S/C20H6Br2Cl12/c21-5-1-3-4(2-6(5)22)8-10(18(30)14(26)12(24)16(8,28)20(18,33)34)9-7(3)15(27)11(23)13(25)17(9,29)19(15,31)32/h1-2,7-10H/t7-,8+,9+,10-,15-,16-,17-,18-/m0/s1. The lowest BCUT2D eigenvalue weighted by Gasteiger charge is -2.52. The number of halogens is 14. The summed E-state index contributed by atoms with van der Waals surface area (Å²) in [5.41, 5.74) is 1.48. The zero-order valence-electron chi connectivity index (χ0n) is 15.8. The molecule has 2 saturated carbocycles. The number of benzene rings is 1. The number of alkyl halides is 8. The molecule has 0 nitrogen and oxygen atoms in total. The highest BCUT2D eigenvalue weighted by Crippen LogP contribution is 2.88. The van der Waals surface area contributed by atoms with Gasteiger partial charge in [-0.25, -0.2) is 0 Å². The zero-order chi connectivity index (χ0) is 25.3. The monoisotopic (exact) mass is 824 g/mol. The Morgan fingerprint density at radius 2 is 0.765 bits per heavy atom. The summed E-state index contributed by atoms with van der Waals surface area (Å²) in [5.74, 6) is -2.76. The van der Waals surface area contributed by atoms with E-state index >= 15 is 0 Å². The second-order valence-corrected chi connectivity index (χ2v) is 17.4. The van der Waals surface area contributed by atoms with Gasteiger partial charge in [0.2, 0.25) is 0 Å². The average Bonchev–Trinajstić information content (AvgIpc) is 3.09. The van der Waals surface area contributed by atoms with Gasteiger partial charge in [0.15, 0.2) is 8.67 Å². The minimum atomic E-state index is -1.84. The van der Waals surface area contributed by atoms with Crippen molar-refractivity contribution in [3.63, 3.8) is 0 Å². The Kier molecular flexibility index (Phi) is 6.03. The van der Waals surface area contributed by atoms with E-state index in [-0.39, 0.29) is 20.1 Å². The second kappa shape index (κ2) is 7.50. The summed E-state index contributed by atoms with van der Waals surface area (Å²) in [6.45, 7) is 0. The van der Waals surface area contributed by atoms with Crippen molar-refractivity contribution in [3.8, 4) is 0 Å². The normalized spacial score (nSPS) is 49.0. The van der Waals surface area contributed by atoms with E-state index in [9.17, 15) is 0 Å². The first kappa shape index (κ1) is 27.3. The van der Waals surface area contributed by atoms with Crippen molar-refractivity contribution in [1.82, 2.24) is 0 Å². The molecule has 1 aromatic rings. The first-order chi connectivity index (χ1) is 15.4. The van der Waals surface area contributed by atoms with Crippen molar-refractivity contribution in [1.29, 1.82) is 0 Å². The molecule has 0 spiro atoms. The van der Waals surface area contributed by atoms with E-state index in [1.54, 1.807) is 0 Å². The van der Waals surface area contributed by atoms with Crippen LogP contribution in [0.4, 0.5) is 0 Å². The van der Waals surface area contributed by atoms with Gasteiger partial charge in [0.05, 0.1) is 20.1 Å². The highest BCUT2D eigenvalue weighted by molar-refractivity contribution is 9.13. The van der Waals surface area contributed by atoms with Gasteiger partial charge < -0.3 is 0 Å². The fraction of sp³-hybridized carbons (Fsp3) is 0.500. The Hall–Kier alpha value is 3.14. The minimum Gasteiger partial charge on any atom is -0.109 e. The highest BCUT2D eigenvalue weighted by atomic mass is 79.9. The van der Waals surface area contributed by atoms with E-state index in [1.165, 1.54) is 0 Å². The van der Waals surface area contributed by atoms with Crippen LogP contribution in [0.2, 0.25) is 0 Å². The SMILES string of the molecule is ClC1=C(Cl)[C@@]2(Cl)[C@@H]3c4cc(Br)c(Br)cc4[C@H]4[C@H]([C@H]3[C@@]1(Cl)C2(Cl)Cl)[C@]1(Cl)C(Cl)=C(Cl)[C@]4(Cl)C1(Cl)Cl. The Morgan fingerprint density at radius 1 is 0.500 bits per heavy atom. The molecule has 0 aromatic heterocycles. The zero-order valence-corrected chi connectivity index (χ0v) is 28.0. The van der Waals surface area contributed by atoms with Gasteiger partial charge >= 0.3 is 0 Å². The Labute approximate surface area is 272 Å².